The van der Waals surface area contributed by atoms with E-state index in [0.29, 0.717) is 17.8 Å². The fraction of sp³-hybridized carbons (Fsp3) is 1.00. The van der Waals surface area contributed by atoms with Crippen molar-refractivity contribution in [2.75, 3.05) is 19.8 Å². The third-order valence-electron chi connectivity index (χ3n) is 1.00. The molecule has 1 radical (unpaired) electrons. The molecule has 0 aliphatic rings. The molecular formula is C12H27CeO3. The first-order valence-electron chi connectivity index (χ1n) is 5.55. The van der Waals surface area contributed by atoms with E-state index in [1.807, 2.05) is 41.5 Å². The fourth-order valence-corrected chi connectivity index (χ4v) is 0. The molecule has 0 spiro atoms. The van der Waals surface area contributed by atoms with Crippen LogP contribution in [-0.2, 0) is 0 Å². The van der Waals surface area contributed by atoms with Crippen LogP contribution in [0.1, 0.15) is 41.5 Å². The quantitative estimate of drug-likeness (QED) is 0.713. The summed E-state index contributed by atoms with van der Waals surface area (Å²) in [7, 11) is 0. The molecule has 0 aromatic rings. The average molecular weight is 359 g/mol. The zero-order valence-electron chi connectivity index (χ0n) is 11.6. The summed E-state index contributed by atoms with van der Waals surface area (Å²) in [4.78, 5) is 0. The predicted molar refractivity (Wildman–Crippen MR) is 59.1 cm³/mol. The Balaban J connectivity index is -0.0000000655. The summed E-state index contributed by atoms with van der Waals surface area (Å²) >= 11 is 0. The molecule has 0 saturated heterocycles. The van der Waals surface area contributed by atoms with Crippen molar-refractivity contribution in [2.24, 2.45) is 17.8 Å². The van der Waals surface area contributed by atoms with Gasteiger partial charge in [-0.3, -0.25) is 0 Å². The van der Waals surface area contributed by atoms with Crippen LogP contribution in [0.2, 0.25) is 0 Å². The Morgan fingerprint density at radius 2 is 0.625 bits per heavy atom. The molecule has 0 N–H and O–H groups in total. The molecule has 16 heavy (non-hydrogen) atoms. The van der Waals surface area contributed by atoms with Gasteiger partial charge in [0.05, 0.1) is 0 Å². The van der Waals surface area contributed by atoms with Gasteiger partial charge in [-0.15, -0.1) is 19.8 Å². The van der Waals surface area contributed by atoms with E-state index in [1.165, 1.54) is 0 Å². The van der Waals surface area contributed by atoms with Gasteiger partial charge in [0.2, 0.25) is 0 Å². The Morgan fingerprint density at radius 3 is 0.625 bits per heavy atom. The summed E-state index contributed by atoms with van der Waals surface area (Å²) in [6, 6.07) is 0. The molecule has 0 aliphatic heterocycles. The van der Waals surface area contributed by atoms with Crippen molar-refractivity contribution in [3.05, 3.63) is 0 Å². The van der Waals surface area contributed by atoms with Crippen LogP contribution in [0, 0.1) is 59.5 Å². The molecule has 0 bridgehead atoms. The first-order chi connectivity index (χ1) is 6.81. The standard InChI is InChI=1S/3C4H9O.Ce/c3*1-4(2)3-5;/h3*4H,3H2,1-2H3;/q3*-1;+3. The van der Waals surface area contributed by atoms with E-state index in [1.54, 1.807) is 0 Å². The maximum atomic E-state index is 9.63. The molecular weight excluding hydrogens is 332 g/mol. The SMILES string of the molecule is CC(C)C[O-].CC(C)C[O-].CC(C)C[O-].[Ce+3]. The molecule has 0 aromatic heterocycles. The third-order valence-corrected chi connectivity index (χ3v) is 1.00. The van der Waals surface area contributed by atoms with Gasteiger partial charge in [-0.2, -0.15) is 0 Å². The van der Waals surface area contributed by atoms with Crippen LogP contribution in [0.25, 0.3) is 0 Å². The van der Waals surface area contributed by atoms with E-state index in [0.717, 1.165) is 0 Å². The fourth-order valence-electron chi connectivity index (χ4n) is 0. The van der Waals surface area contributed by atoms with E-state index >= 15 is 0 Å². The maximum absolute atomic E-state index is 9.63. The molecule has 0 fully saturated rings. The summed E-state index contributed by atoms with van der Waals surface area (Å²) in [6.45, 7) is 11.6. The van der Waals surface area contributed by atoms with Crippen LogP contribution < -0.4 is 15.3 Å². The van der Waals surface area contributed by atoms with Gasteiger partial charge in [0.15, 0.2) is 0 Å². The van der Waals surface area contributed by atoms with Gasteiger partial charge in [-0.25, -0.2) is 0 Å². The van der Waals surface area contributed by atoms with Crippen molar-refractivity contribution in [1.29, 1.82) is 0 Å². The minimum Gasteiger partial charge on any atom is -0.854 e. The molecule has 0 rings (SSSR count). The molecule has 97 valence electrons. The summed E-state index contributed by atoms with van der Waals surface area (Å²) in [5.41, 5.74) is 0. The van der Waals surface area contributed by atoms with Crippen molar-refractivity contribution in [3.63, 3.8) is 0 Å². The smallest absolute Gasteiger partial charge is 0.854 e. The van der Waals surface area contributed by atoms with Crippen molar-refractivity contribution < 1.29 is 57.1 Å². The third kappa shape index (κ3) is 58.9. The van der Waals surface area contributed by atoms with Crippen LogP contribution in [0.4, 0.5) is 0 Å². The second-order valence-electron chi connectivity index (χ2n) is 4.68. The summed E-state index contributed by atoms with van der Waals surface area (Å²) < 4.78 is 0. The normalized spacial score (nSPS) is 9.00. The number of hydrogen-bond donors (Lipinski definition) is 0. The van der Waals surface area contributed by atoms with Crippen molar-refractivity contribution in [2.45, 2.75) is 41.5 Å². The summed E-state index contributed by atoms with van der Waals surface area (Å²) in [6.07, 6.45) is 0. The van der Waals surface area contributed by atoms with E-state index in [2.05, 4.69) is 0 Å². The number of hydrogen-bond acceptors (Lipinski definition) is 3. The summed E-state index contributed by atoms with van der Waals surface area (Å²) in [5.74, 6) is 0.986. The second-order valence-corrected chi connectivity index (χ2v) is 4.68. The van der Waals surface area contributed by atoms with Crippen LogP contribution >= 0.6 is 0 Å². The van der Waals surface area contributed by atoms with E-state index in [-0.39, 0.29) is 61.6 Å². The Labute approximate surface area is 135 Å². The largest absolute Gasteiger partial charge is 3.00 e. The zero-order valence-corrected chi connectivity index (χ0v) is 14.7. The van der Waals surface area contributed by atoms with Crippen molar-refractivity contribution in [1.82, 2.24) is 0 Å². The van der Waals surface area contributed by atoms with Gasteiger partial charge < -0.3 is 15.3 Å². The van der Waals surface area contributed by atoms with Crippen molar-refractivity contribution >= 4 is 0 Å². The van der Waals surface area contributed by atoms with Crippen LogP contribution in [0.5, 0.6) is 0 Å². The molecule has 0 amide bonds. The topological polar surface area (TPSA) is 69.2 Å². The molecule has 0 saturated carbocycles. The van der Waals surface area contributed by atoms with Gasteiger partial charge in [-0.1, -0.05) is 59.3 Å². The molecule has 0 aromatic carbocycles. The molecule has 3 nitrogen and oxygen atoms in total. The van der Waals surface area contributed by atoms with Gasteiger partial charge in [0, 0.05) is 0 Å². The first-order valence-corrected chi connectivity index (χ1v) is 5.55. The Kier molecular flexibility index (Phi) is 34.9. The minimum atomic E-state index is 0. The number of rotatable bonds is 3. The van der Waals surface area contributed by atoms with Crippen molar-refractivity contribution in [3.8, 4) is 0 Å². The molecule has 0 atom stereocenters. The first kappa shape index (κ1) is 26.0. The van der Waals surface area contributed by atoms with Gasteiger partial charge in [0.1, 0.15) is 0 Å². The second kappa shape index (κ2) is 21.5. The van der Waals surface area contributed by atoms with E-state index in [9.17, 15) is 15.3 Å². The predicted octanol–water partition coefficient (Wildman–Crippen LogP) is 0.00810. The molecule has 4 heteroatoms. The zero-order chi connectivity index (χ0) is 12.9. The van der Waals surface area contributed by atoms with E-state index in [4.69, 9.17) is 0 Å². The Bertz CT molecular complexity index is 77.2. The van der Waals surface area contributed by atoms with Gasteiger partial charge in [-0.05, 0) is 0 Å². The maximum Gasteiger partial charge on any atom is 3.00 e. The molecule has 0 heterocycles. The Morgan fingerprint density at radius 1 is 0.562 bits per heavy atom. The van der Waals surface area contributed by atoms with Gasteiger partial charge in [0.25, 0.3) is 0 Å². The van der Waals surface area contributed by atoms with Gasteiger partial charge >= 0.3 is 41.7 Å². The summed E-state index contributed by atoms with van der Waals surface area (Å²) in [5, 5.41) is 28.9. The van der Waals surface area contributed by atoms with Crippen LogP contribution in [-0.4, -0.2) is 19.8 Å². The monoisotopic (exact) mass is 359 g/mol. The van der Waals surface area contributed by atoms with E-state index < -0.39 is 0 Å². The Hall–Kier alpha value is 1.26. The average Bonchev–Trinajstić information content (AvgIpc) is 2.19. The molecule has 0 unspecified atom stereocenters. The van der Waals surface area contributed by atoms with Crippen LogP contribution in [0.15, 0.2) is 0 Å². The minimum absolute atomic E-state index is 0. The molecule has 0 aliphatic carbocycles. The van der Waals surface area contributed by atoms with Crippen LogP contribution in [0.3, 0.4) is 0 Å².